The second-order valence-corrected chi connectivity index (χ2v) is 11.7. The average molecular weight is 322 g/mol. The lowest BCUT2D eigenvalue weighted by molar-refractivity contribution is 0.100. The molecule has 0 bridgehead atoms. The van der Waals surface area contributed by atoms with Crippen molar-refractivity contribution in [3.63, 3.8) is 0 Å². The van der Waals surface area contributed by atoms with E-state index < -0.39 is 14.4 Å². The first-order chi connectivity index (χ1) is 8.54. The molecule has 0 saturated carbocycles. The van der Waals surface area contributed by atoms with E-state index in [0.717, 1.165) is 0 Å². The van der Waals surface area contributed by atoms with Crippen LogP contribution in [-0.2, 0) is 4.43 Å². The zero-order chi connectivity index (χ0) is 14.8. The highest BCUT2D eigenvalue weighted by molar-refractivity contribution is 6.74. The van der Waals surface area contributed by atoms with Crippen molar-refractivity contribution in [2.24, 2.45) is 0 Å². The molecule has 1 N–H and O–H groups in total. The summed E-state index contributed by atoms with van der Waals surface area (Å²) < 4.78 is 5.97. The third-order valence-corrected chi connectivity index (χ3v) is 8.80. The Morgan fingerprint density at radius 2 is 1.95 bits per heavy atom. The Hall–Kier alpha value is -0.133. The third kappa shape index (κ3) is 4.43. The number of hydrogen-bond acceptors (Lipinski definition) is 3. The Balaban J connectivity index is 2.70. The summed E-state index contributed by atoms with van der Waals surface area (Å²) in [6.07, 6.45) is 0.782. The zero-order valence-corrected chi connectivity index (χ0v) is 14.5. The minimum Gasteiger partial charge on any atom is -0.414 e. The highest BCUT2D eigenvalue weighted by atomic mass is 35.5. The lowest BCUT2D eigenvalue weighted by Crippen LogP contribution is -2.41. The van der Waals surface area contributed by atoms with E-state index in [1.165, 1.54) is 6.20 Å². The predicted octanol–water partition coefficient (Wildman–Crippen LogP) is 4.44. The Morgan fingerprint density at radius 1 is 1.37 bits per heavy atom. The molecule has 1 aromatic rings. The fourth-order valence-electron chi connectivity index (χ4n) is 1.22. The van der Waals surface area contributed by atoms with Crippen LogP contribution in [0.4, 0.5) is 0 Å². The number of nitrogens with zero attached hydrogens (tertiary/aromatic N) is 1. The van der Waals surface area contributed by atoms with E-state index >= 15 is 0 Å². The summed E-state index contributed by atoms with van der Waals surface area (Å²) in [5, 5.41) is 10.8. The first-order valence-corrected chi connectivity index (χ1v) is 9.84. The maximum absolute atomic E-state index is 10.1. The molecule has 0 radical (unpaired) electrons. The number of rotatable bonds is 4. The van der Waals surface area contributed by atoms with Crippen molar-refractivity contribution in [3.05, 3.63) is 28.0 Å². The van der Waals surface area contributed by atoms with Crippen LogP contribution in [0.1, 0.15) is 32.4 Å². The maximum atomic E-state index is 10.1. The summed E-state index contributed by atoms with van der Waals surface area (Å²) in [4.78, 5) is 3.92. The largest absolute Gasteiger partial charge is 0.414 e. The smallest absolute Gasteiger partial charge is 0.192 e. The normalized spacial score (nSPS) is 14.5. The van der Waals surface area contributed by atoms with Gasteiger partial charge in [0.25, 0.3) is 0 Å². The molecule has 1 atom stereocenters. The van der Waals surface area contributed by atoms with Crippen molar-refractivity contribution in [2.45, 2.75) is 45.0 Å². The number of pyridine rings is 1. The van der Waals surface area contributed by atoms with Crippen LogP contribution >= 0.6 is 23.2 Å². The van der Waals surface area contributed by atoms with E-state index in [4.69, 9.17) is 27.6 Å². The van der Waals surface area contributed by atoms with E-state index in [2.05, 4.69) is 38.8 Å². The van der Waals surface area contributed by atoms with Gasteiger partial charge in [-0.05, 0) is 24.2 Å². The Labute approximate surface area is 126 Å². The Morgan fingerprint density at radius 3 is 2.42 bits per heavy atom. The van der Waals surface area contributed by atoms with Crippen molar-refractivity contribution in [3.8, 4) is 0 Å². The van der Waals surface area contributed by atoms with Crippen LogP contribution in [0.15, 0.2) is 12.3 Å². The van der Waals surface area contributed by atoms with Gasteiger partial charge >= 0.3 is 0 Å². The van der Waals surface area contributed by atoms with Gasteiger partial charge in [-0.15, -0.1) is 0 Å². The van der Waals surface area contributed by atoms with Crippen LogP contribution in [0.5, 0.6) is 0 Å². The predicted molar refractivity (Wildman–Crippen MR) is 82.4 cm³/mol. The van der Waals surface area contributed by atoms with E-state index in [9.17, 15) is 5.11 Å². The molecule has 6 heteroatoms. The minimum absolute atomic E-state index is 0.114. The quantitative estimate of drug-likeness (QED) is 0.658. The van der Waals surface area contributed by atoms with Gasteiger partial charge in [-0.25, -0.2) is 4.98 Å². The van der Waals surface area contributed by atoms with Gasteiger partial charge in [0.15, 0.2) is 8.32 Å². The Bertz CT molecular complexity index is 447. The van der Waals surface area contributed by atoms with Gasteiger partial charge in [-0.2, -0.15) is 0 Å². The zero-order valence-electron chi connectivity index (χ0n) is 12.0. The van der Waals surface area contributed by atoms with Crippen LogP contribution in [-0.4, -0.2) is 25.0 Å². The summed E-state index contributed by atoms with van der Waals surface area (Å²) in [6, 6.07) is 1.62. The standard InChI is InChI=1S/C13H21Cl2NO2Si/c1-13(2,3)19(4,5)18-8-11(17)9-6-10(14)12(15)16-7-9/h6-7,11,17H,8H2,1-5H3/t11-/m1/s1. The van der Waals surface area contributed by atoms with Crippen molar-refractivity contribution < 1.29 is 9.53 Å². The van der Waals surface area contributed by atoms with E-state index in [-0.39, 0.29) is 16.8 Å². The fraction of sp³-hybridized carbons (Fsp3) is 0.615. The average Bonchev–Trinajstić information content (AvgIpc) is 2.28. The molecular formula is C13H21Cl2NO2Si. The molecule has 3 nitrogen and oxygen atoms in total. The van der Waals surface area contributed by atoms with Crippen LogP contribution < -0.4 is 0 Å². The van der Waals surface area contributed by atoms with Gasteiger partial charge in [0.2, 0.25) is 0 Å². The van der Waals surface area contributed by atoms with E-state index in [1.54, 1.807) is 6.07 Å². The van der Waals surface area contributed by atoms with Crippen LogP contribution in [0.25, 0.3) is 0 Å². The van der Waals surface area contributed by atoms with Crippen molar-refractivity contribution in [1.29, 1.82) is 0 Å². The van der Waals surface area contributed by atoms with Gasteiger partial charge in [-0.3, -0.25) is 0 Å². The van der Waals surface area contributed by atoms with Crippen LogP contribution in [0, 0.1) is 0 Å². The van der Waals surface area contributed by atoms with Gasteiger partial charge < -0.3 is 9.53 Å². The molecule has 0 aliphatic rings. The fourth-order valence-corrected chi connectivity index (χ4v) is 2.50. The highest BCUT2D eigenvalue weighted by Crippen LogP contribution is 2.37. The molecule has 108 valence electrons. The van der Waals surface area contributed by atoms with Gasteiger partial charge in [0.1, 0.15) is 11.3 Å². The molecule has 0 amide bonds. The first kappa shape index (κ1) is 16.9. The molecule has 0 fully saturated rings. The molecule has 0 spiro atoms. The second-order valence-electron chi connectivity index (χ2n) is 6.13. The molecular weight excluding hydrogens is 301 g/mol. The lowest BCUT2D eigenvalue weighted by Gasteiger charge is -2.36. The number of hydrogen-bond donors (Lipinski definition) is 1. The summed E-state index contributed by atoms with van der Waals surface area (Å²) >= 11 is 11.6. The molecule has 0 saturated heterocycles. The molecule has 1 aromatic heterocycles. The minimum atomic E-state index is -1.86. The first-order valence-electron chi connectivity index (χ1n) is 6.17. The van der Waals surface area contributed by atoms with Gasteiger partial charge in [0.05, 0.1) is 11.6 Å². The molecule has 0 aliphatic heterocycles. The topological polar surface area (TPSA) is 42.4 Å². The van der Waals surface area contributed by atoms with E-state index in [0.29, 0.717) is 10.6 Å². The van der Waals surface area contributed by atoms with E-state index in [1.807, 2.05) is 0 Å². The number of aliphatic hydroxyl groups excluding tert-OH is 1. The maximum Gasteiger partial charge on any atom is 0.192 e. The number of aromatic nitrogens is 1. The molecule has 19 heavy (non-hydrogen) atoms. The monoisotopic (exact) mass is 321 g/mol. The molecule has 1 heterocycles. The molecule has 0 aromatic carbocycles. The van der Waals surface area contributed by atoms with Gasteiger partial charge in [-0.1, -0.05) is 44.0 Å². The summed E-state index contributed by atoms with van der Waals surface area (Å²) in [7, 11) is -1.86. The summed E-state index contributed by atoms with van der Waals surface area (Å²) in [6.45, 7) is 11.0. The van der Waals surface area contributed by atoms with Crippen LogP contribution in [0.2, 0.25) is 28.3 Å². The summed E-state index contributed by atoms with van der Waals surface area (Å²) in [5.74, 6) is 0. The molecule has 0 unspecified atom stereocenters. The van der Waals surface area contributed by atoms with Crippen molar-refractivity contribution in [2.75, 3.05) is 6.61 Å². The molecule has 1 rings (SSSR count). The van der Waals surface area contributed by atoms with Gasteiger partial charge in [0, 0.05) is 11.8 Å². The lowest BCUT2D eigenvalue weighted by atomic mass is 10.2. The highest BCUT2D eigenvalue weighted by Gasteiger charge is 2.37. The molecule has 0 aliphatic carbocycles. The SMILES string of the molecule is CC(C)(C)[Si](C)(C)OC[C@@H](O)c1cnc(Cl)c(Cl)c1. The van der Waals surface area contributed by atoms with Crippen LogP contribution in [0.3, 0.4) is 0 Å². The number of halogens is 2. The second kappa shape index (κ2) is 6.10. The Kier molecular flexibility index (Phi) is 5.43. The van der Waals surface area contributed by atoms with Crippen molar-refractivity contribution in [1.82, 2.24) is 4.98 Å². The summed E-state index contributed by atoms with van der Waals surface area (Å²) in [5.41, 5.74) is 0.619. The van der Waals surface area contributed by atoms with Crippen molar-refractivity contribution >= 4 is 31.5 Å². The third-order valence-electron chi connectivity index (χ3n) is 3.61. The number of aliphatic hydroxyl groups is 1.